The number of carbonyl (C=O) groups is 2. The molecule has 0 aromatic heterocycles. The normalized spacial score (nSPS) is 10.4. The van der Waals surface area contributed by atoms with Crippen LogP contribution in [-0.2, 0) is 23.8 Å². The second-order valence-corrected chi connectivity index (χ2v) is 3.32. The number of esters is 1. The summed E-state index contributed by atoms with van der Waals surface area (Å²) in [7, 11) is 2.91. The van der Waals surface area contributed by atoms with Gasteiger partial charge in [0.05, 0.1) is 20.8 Å². The number of aliphatic carboxylic acids is 1. The van der Waals surface area contributed by atoms with Crippen LogP contribution in [0.1, 0.15) is 27.2 Å². The predicted molar refractivity (Wildman–Crippen MR) is 70.4 cm³/mol. The van der Waals surface area contributed by atoms with E-state index in [1.165, 1.54) is 21.1 Å². The molecule has 0 spiro atoms. The molecule has 0 atom stereocenters. The molecule has 0 aliphatic heterocycles. The molecule has 0 saturated carbocycles. The molecule has 0 aromatic rings. The van der Waals surface area contributed by atoms with Crippen molar-refractivity contribution in [2.45, 2.75) is 27.2 Å². The lowest BCUT2D eigenvalue weighted by Crippen LogP contribution is -2.12. The van der Waals surface area contributed by atoms with Crippen LogP contribution < -0.4 is 0 Å². The third kappa shape index (κ3) is 8.70. The Balaban J connectivity index is 0. The van der Waals surface area contributed by atoms with E-state index < -0.39 is 11.9 Å². The zero-order chi connectivity index (χ0) is 15.4. The van der Waals surface area contributed by atoms with E-state index in [1.54, 1.807) is 6.92 Å². The van der Waals surface area contributed by atoms with E-state index in [0.29, 0.717) is 18.8 Å². The molecular weight excluding hydrogens is 252 g/mol. The van der Waals surface area contributed by atoms with Crippen LogP contribution >= 0.6 is 0 Å². The fraction of sp³-hybridized carbons (Fsp3) is 0.538. The monoisotopic (exact) mass is 274 g/mol. The second-order valence-electron chi connectivity index (χ2n) is 3.32. The maximum Gasteiger partial charge on any atom is 0.377 e. The highest BCUT2D eigenvalue weighted by Gasteiger charge is 2.16. The molecule has 0 aliphatic rings. The fourth-order valence-electron chi connectivity index (χ4n) is 0.905. The van der Waals surface area contributed by atoms with Crippen LogP contribution in [0.15, 0.2) is 23.7 Å². The Morgan fingerprint density at radius 3 is 1.84 bits per heavy atom. The number of methoxy groups -OCH3 is 2. The highest BCUT2D eigenvalue weighted by atomic mass is 16.6. The van der Waals surface area contributed by atoms with Crippen LogP contribution in [0.3, 0.4) is 0 Å². The number of ether oxygens (including phenoxy) is 3. The first-order valence-electron chi connectivity index (χ1n) is 5.72. The predicted octanol–water partition coefficient (Wildman–Crippen LogP) is 2.11. The van der Waals surface area contributed by atoms with Crippen molar-refractivity contribution in [1.82, 2.24) is 0 Å². The Labute approximate surface area is 113 Å². The Kier molecular flexibility index (Phi) is 11.3. The largest absolute Gasteiger partial charge is 0.497 e. The standard InChI is InChI=1S/C9H16O4.C4H6O2/c1-5-7(11-3)8(12-4)9(10)13-6-2;1-3(2)4(5)6/h5-6H2,1-4H3;1H2,2H3,(H,5,6). The summed E-state index contributed by atoms with van der Waals surface area (Å²) < 4.78 is 14.6. The van der Waals surface area contributed by atoms with Gasteiger partial charge in [0.2, 0.25) is 5.76 Å². The van der Waals surface area contributed by atoms with E-state index in [2.05, 4.69) is 6.58 Å². The maximum atomic E-state index is 11.2. The van der Waals surface area contributed by atoms with Crippen molar-refractivity contribution in [2.24, 2.45) is 0 Å². The lowest BCUT2D eigenvalue weighted by Gasteiger charge is -2.10. The van der Waals surface area contributed by atoms with Crippen molar-refractivity contribution in [3.63, 3.8) is 0 Å². The summed E-state index contributed by atoms with van der Waals surface area (Å²) in [6.45, 7) is 8.54. The van der Waals surface area contributed by atoms with Gasteiger partial charge < -0.3 is 19.3 Å². The molecule has 0 amide bonds. The Morgan fingerprint density at radius 1 is 1.16 bits per heavy atom. The minimum Gasteiger partial charge on any atom is -0.497 e. The van der Waals surface area contributed by atoms with Crippen molar-refractivity contribution >= 4 is 11.9 Å². The van der Waals surface area contributed by atoms with Gasteiger partial charge in [0.25, 0.3) is 0 Å². The molecule has 6 heteroatoms. The van der Waals surface area contributed by atoms with Crippen LogP contribution in [0.2, 0.25) is 0 Å². The van der Waals surface area contributed by atoms with Crippen LogP contribution in [-0.4, -0.2) is 37.9 Å². The molecule has 6 nitrogen and oxygen atoms in total. The fourth-order valence-corrected chi connectivity index (χ4v) is 0.905. The molecular formula is C13H22O6. The number of carboxylic acid groups (broad SMARTS) is 1. The Morgan fingerprint density at radius 2 is 1.63 bits per heavy atom. The number of hydrogen-bond acceptors (Lipinski definition) is 5. The zero-order valence-electron chi connectivity index (χ0n) is 12.1. The molecule has 0 rings (SSSR count). The molecule has 0 saturated heterocycles. The van der Waals surface area contributed by atoms with E-state index in [4.69, 9.17) is 19.3 Å². The Bertz CT molecular complexity index is 325. The summed E-state index contributed by atoms with van der Waals surface area (Å²) in [4.78, 5) is 20.8. The minimum absolute atomic E-state index is 0.145. The Hall–Kier alpha value is -1.98. The second kappa shape index (κ2) is 11.1. The third-order valence-corrected chi connectivity index (χ3v) is 1.85. The SMILES string of the molecule is C=C(C)C(=O)O.CCOC(=O)C(OC)=C(CC)OC. The molecule has 0 unspecified atom stereocenters. The van der Waals surface area contributed by atoms with Gasteiger partial charge in [-0.15, -0.1) is 0 Å². The summed E-state index contributed by atoms with van der Waals surface area (Å²) in [5, 5.41) is 7.89. The smallest absolute Gasteiger partial charge is 0.377 e. The van der Waals surface area contributed by atoms with Gasteiger partial charge in [0, 0.05) is 12.0 Å². The van der Waals surface area contributed by atoms with Gasteiger partial charge >= 0.3 is 11.9 Å². The molecule has 19 heavy (non-hydrogen) atoms. The quantitative estimate of drug-likeness (QED) is 0.454. The molecule has 0 bridgehead atoms. The first-order chi connectivity index (χ1) is 8.85. The highest BCUT2D eigenvalue weighted by molar-refractivity contribution is 5.86. The third-order valence-electron chi connectivity index (χ3n) is 1.85. The van der Waals surface area contributed by atoms with Gasteiger partial charge in [-0.25, -0.2) is 9.59 Å². The van der Waals surface area contributed by atoms with Crippen molar-refractivity contribution < 1.29 is 28.9 Å². The van der Waals surface area contributed by atoms with Crippen LogP contribution in [0, 0.1) is 0 Å². The number of carboxylic acids is 1. The lowest BCUT2D eigenvalue weighted by atomic mass is 10.3. The van der Waals surface area contributed by atoms with Gasteiger partial charge in [0.1, 0.15) is 5.76 Å². The van der Waals surface area contributed by atoms with Gasteiger partial charge in [-0.1, -0.05) is 13.5 Å². The van der Waals surface area contributed by atoms with E-state index in [1.807, 2.05) is 6.92 Å². The van der Waals surface area contributed by atoms with Gasteiger partial charge in [0.15, 0.2) is 0 Å². The van der Waals surface area contributed by atoms with Crippen LogP contribution in [0.4, 0.5) is 0 Å². The first kappa shape index (κ1) is 19.4. The molecule has 0 aliphatic carbocycles. The molecule has 0 radical (unpaired) electrons. The van der Waals surface area contributed by atoms with E-state index >= 15 is 0 Å². The molecule has 0 heterocycles. The summed E-state index contributed by atoms with van der Waals surface area (Å²) in [6.07, 6.45) is 0.596. The van der Waals surface area contributed by atoms with Gasteiger partial charge in [-0.05, 0) is 13.8 Å². The molecule has 0 fully saturated rings. The maximum absolute atomic E-state index is 11.2. The average molecular weight is 274 g/mol. The van der Waals surface area contributed by atoms with Crippen molar-refractivity contribution in [3.05, 3.63) is 23.7 Å². The van der Waals surface area contributed by atoms with Crippen molar-refractivity contribution in [2.75, 3.05) is 20.8 Å². The molecule has 1 N–H and O–H groups in total. The number of allylic oxidation sites excluding steroid dienone is 1. The summed E-state index contributed by atoms with van der Waals surface area (Å²) >= 11 is 0. The zero-order valence-corrected chi connectivity index (χ0v) is 12.1. The number of hydrogen-bond donors (Lipinski definition) is 1. The topological polar surface area (TPSA) is 82.1 Å². The van der Waals surface area contributed by atoms with Crippen molar-refractivity contribution in [3.8, 4) is 0 Å². The van der Waals surface area contributed by atoms with Crippen LogP contribution in [0.5, 0.6) is 0 Å². The average Bonchev–Trinajstić information content (AvgIpc) is 2.36. The van der Waals surface area contributed by atoms with Gasteiger partial charge in [-0.2, -0.15) is 0 Å². The lowest BCUT2D eigenvalue weighted by molar-refractivity contribution is -0.142. The summed E-state index contributed by atoms with van der Waals surface area (Å²) in [5.74, 6) is -0.772. The molecule has 110 valence electrons. The van der Waals surface area contributed by atoms with Crippen LogP contribution in [0.25, 0.3) is 0 Å². The van der Waals surface area contributed by atoms with E-state index in [9.17, 15) is 9.59 Å². The van der Waals surface area contributed by atoms with E-state index in [-0.39, 0.29) is 11.3 Å². The molecule has 0 aromatic carbocycles. The summed E-state index contributed by atoms with van der Waals surface area (Å²) in [5.41, 5.74) is 0.176. The first-order valence-corrected chi connectivity index (χ1v) is 5.72. The minimum atomic E-state index is -0.935. The van der Waals surface area contributed by atoms with E-state index in [0.717, 1.165) is 0 Å². The van der Waals surface area contributed by atoms with Crippen molar-refractivity contribution in [1.29, 1.82) is 0 Å². The number of carbonyl (C=O) groups excluding carboxylic acids is 1. The number of rotatable bonds is 6. The van der Waals surface area contributed by atoms with Gasteiger partial charge in [-0.3, -0.25) is 0 Å². The summed E-state index contributed by atoms with van der Waals surface area (Å²) in [6, 6.07) is 0. The highest BCUT2D eigenvalue weighted by Crippen LogP contribution is 2.11.